The third-order valence-corrected chi connectivity index (χ3v) is 6.98. The Kier molecular flexibility index (Phi) is 7.78. The van der Waals surface area contributed by atoms with E-state index in [2.05, 4.69) is 37.6 Å². The Hall–Kier alpha value is -3.99. The summed E-state index contributed by atoms with van der Waals surface area (Å²) in [4.78, 5) is 28.9. The first-order valence-electron chi connectivity index (χ1n) is 12.7. The van der Waals surface area contributed by atoms with Crippen LogP contribution in [0.4, 0.5) is 17.3 Å². The number of hydrogen-bond donors (Lipinski definition) is 3. The van der Waals surface area contributed by atoms with Gasteiger partial charge in [-0.25, -0.2) is 9.97 Å². The number of nitrogens with zero attached hydrogens (tertiary/aromatic N) is 5. The highest BCUT2D eigenvalue weighted by molar-refractivity contribution is 6.30. The fraction of sp³-hybridized carbons (Fsp3) is 0.286. The molecule has 10 nitrogen and oxygen atoms in total. The molecular formula is C28H31ClN8O2. The molecule has 1 atom stereocenters. The number of halogens is 1. The summed E-state index contributed by atoms with van der Waals surface area (Å²) in [7, 11) is 0. The lowest BCUT2D eigenvalue weighted by Gasteiger charge is -2.29. The van der Waals surface area contributed by atoms with E-state index in [4.69, 9.17) is 27.1 Å². The summed E-state index contributed by atoms with van der Waals surface area (Å²) in [5.41, 5.74) is 9.10. The molecule has 11 heteroatoms. The van der Waals surface area contributed by atoms with Crippen LogP contribution in [-0.2, 0) is 10.3 Å². The van der Waals surface area contributed by atoms with Crippen LogP contribution in [0, 0.1) is 6.92 Å². The van der Waals surface area contributed by atoms with Crippen LogP contribution in [0.2, 0.25) is 5.02 Å². The van der Waals surface area contributed by atoms with E-state index < -0.39 is 5.54 Å². The molecule has 0 spiro atoms. The Labute approximate surface area is 232 Å². The SMILES string of the molecule is Cc1cnc(Nc2cccc(N3CCOCC3)c2)nc1-n1cnc(C(=O)N[C@@](C)(CN)c2cccc(Cl)c2)c1. The lowest BCUT2D eigenvalue weighted by molar-refractivity contribution is 0.0902. The van der Waals surface area contributed by atoms with Crippen LogP contribution in [0.15, 0.2) is 67.3 Å². The fourth-order valence-corrected chi connectivity index (χ4v) is 4.62. The fourth-order valence-electron chi connectivity index (χ4n) is 4.43. The number of morpholine rings is 1. The first kappa shape index (κ1) is 26.6. The second-order valence-electron chi connectivity index (χ2n) is 9.64. The van der Waals surface area contributed by atoms with Crippen molar-refractivity contribution in [1.29, 1.82) is 0 Å². The van der Waals surface area contributed by atoms with Crippen molar-refractivity contribution >= 4 is 34.8 Å². The predicted molar refractivity (Wildman–Crippen MR) is 152 cm³/mol. The van der Waals surface area contributed by atoms with Crippen LogP contribution in [-0.4, -0.2) is 58.3 Å². The molecule has 4 N–H and O–H groups in total. The third kappa shape index (κ3) is 6.03. The number of nitrogens with two attached hydrogens (primary N) is 1. The van der Waals surface area contributed by atoms with E-state index in [1.807, 2.05) is 38.1 Å². The van der Waals surface area contributed by atoms with Crippen LogP contribution in [0.1, 0.15) is 28.5 Å². The molecule has 1 fully saturated rings. The number of nitrogens with one attached hydrogen (secondary N) is 2. The quantitative estimate of drug-likeness (QED) is 0.305. The van der Waals surface area contributed by atoms with E-state index in [1.165, 1.54) is 0 Å². The van der Waals surface area contributed by atoms with Crippen molar-refractivity contribution in [2.75, 3.05) is 43.1 Å². The van der Waals surface area contributed by atoms with E-state index in [0.717, 1.165) is 48.8 Å². The molecule has 5 rings (SSSR count). The number of ether oxygens (including phenoxy) is 1. The summed E-state index contributed by atoms with van der Waals surface area (Å²) in [6.07, 6.45) is 4.94. The van der Waals surface area contributed by atoms with Gasteiger partial charge in [-0.2, -0.15) is 4.98 Å². The van der Waals surface area contributed by atoms with Gasteiger partial charge in [0, 0.05) is 54.0 Å². The monoisotopic (exact) mass is 546 g/mol. The first-order valence-corrected chi connectivity index (χ1v) is 13.1. The molecule has 0 bridgehead atoms. The van der Waals surface area contributed by atoms with Crippen LogP contribution < -0.4 is 21.3 Å². The Morgan fingerprint density at radius 1 is 1.15 bits per heavy atom. The molecular weight excluding hydrogens is 516 g/mol. The zero-order valence-corrected chi connectivity index (χ0v) is 22.7. The standard InChI is InChI=1S/C28H31ClN8O2/c1-19-15-31-27(33-22-7-4-8-23(14-22)36-9-11-39-12-10-36)34-25(19)37-16-24(32-18-37)26(38)35-28(2,17-30)20-5-3-6-21(29)13-20/h3-8,13-16,18H,9-12,17,30H2,1-2H3,(H,35,38)(H,31,33,34)/t28-/m0/s1. The van der Waals surface area contributed by atoms with Crippen LogP contribution >= 0.6 is 11.6 Å². The number of anilines is 3. The van der Waals surface area contributed by atoms with Crippen molar-refractivity contribution < 1.29 is 9.53 Å². The van der Waals surface area contributed by atoms with Gasteiger partial charge < -0.3 is 26.0 Å². The molecule has 0 saturated carbocycles. The van der Waals surface area contributed by atoms with Gasteiger partial charge in [0.2, 0.25) is 5.95 Å². The van der Waals surface area contributed by atoms with E-state index in [0.29, 0.717) is 16.8 Å². The highest BCUT2D eigenvalue weighted by Crippen LogP contribution is 2.25. The van der Waals surface area contributed by atoms with Crippen molar-refractivity contribution in [1.82, 2.24) is 24.8 Å². The number of carbonyl (C=O) groups excluding carboxylic acids is 1. The van der Waals surface area contributed by atoms with Crippen LogP contribution in [0.25, 0.3) is 5.82 Å². The predicted octanol–water partition coefficient (Wildman–Crippen LogP) is 3.81. The molecule has 1 saturated heterocycles. The molecule has 1 aliphatic rings. The van der Waals surface area contributed by atoms with E-state index >= 15 is 0 Å². The number of rotatable bonds is 8. The molecule has 2 aromatic carbocycles. The molecule has 0 radical (unpaired) electrons. The van der Waals surface area contributed by atoms with Gasteiger partial charge in [0.25, 0.3) is 5.91 Å². The summed E-state index contributed by atoms with van der Waals surface area (Å²) >= 11 is 6.16. The maximum atomic E-state index is 13.1. The lowest BCUT2D eigenvalue weighted by atomic mass is 9.92. The summed E-state index contributed by atoms with van der Waals surface area (Å²) in [5.74, 6) is 0.692. The summed E-state index contributed by atoms with van der Waals surface area (Å²) in [6, 6.07) is 15.4. The van der Waals surface area contributed by atoms with Crippen LogP contribution in [0.3, 0.4) is 0 Å². The molecule has 1 aliphatic heterocycles. The summed E-state index contributed by atoms with van der Waals surface area (Å²) in [5, 5.41) is 6.87. The zero-order valence-electron chi connectivity index (χ0n) is 21.9. The van der Waals surface area contributed by atoms with Gasteiger partial charge in [0.1, 0.15) is 17.8 Å². The van der Waals surface area contributed by atoms with Gasteiger partial charge in [-0.1, -0.05) is 29.8 Å². The van der Waals surface area contributed by atoms with Crippen molar-refractivity contribution in [3.05, 3.63) is 89.1 Å². The normalized spacial score (nSPS) is 15.0. The van der Waals surface area contributed by atoms with Gasteiger partial charge in [0.05, 0.1) is 18.8 Å². The minimum Gasteiger partial charge on any atom is -0.378 e. The molecule has 202 valence electrons. The molecule has 39 heavy (non-hydrogen) atoms. The maximum Gasteiger partial charge on any atom is 0.272 e. The second-order valence-corrected chi connectivity index (χ2v) is 10.1. The maximum absolute atomic E-state index is 13.1. The smallest absolute Gasteiger partial charge is 0.272 e. The Balaban J connectivity index is 1.33. The molecule has 0 unspecified atom stereocenters. The van der Waals surface area contributed by atoms with Crippen molar-refractivity contribution in [3.8, 4) is 5.82 Å². The summed E-state index contributed by atoms with van der Waals surface area (Å²) < 4.78 is 7.17. The Morgan fingerprint density at radius 3 is 2.72 bits per heavy atom. The van der Waals surface area contributed by atoms with Crippen LogP contribution in [0.5, 0.6) is 0 Å². The van der Waals surface area contributed by atoms with Crippen molar-refractivity contribution in [2.45, 2.75) is 19.4 Å². The minimum absolute atomic E-state index is 0.187. The molecule has 0 aliphatic carbocycles. The van der Waals surface area contributed by atoms with Gasteiger partial charge in [-0.3, -0.25) is 9.36 Å². The highest BCUT2D eigenvalue weighted by atomic mass is 35.5. The third-order valence-electron chi connectivity index (χ3n) is 6.74. The van der Waals surface area contributed by atoms with Crippen molar-refractivity contribution in [2.24, 2.45) is 5.73 Å². The number of benzene rings is 2. The Morgan fingerprint density at radius 2 is 1.95 bits per heavy atom. The van der Waals surface area contributed by atoms with E-state index in [9.17, 15) is 4.79 Å². The molecule has 4 aromatic rings. The van der Waals surface area contributed by atoms with Gasteiger partial charge in [-0.15, -0.1) is 0 Å². The van der Waals surface area contributed by atoms with Gasteiger partial charge >= 0.3 is 0 Å². The average Bonchev–Trinajstić information content (AvgIpc) is 3.45. The topological polar surface area (TPSA) is 123 Å². The first-order chi connectivity index (χ1) is 18.8. The van der Waals surface area contributed by atoms with E-state index in [1.54, 1.807) is 35.4 Å². The number of carbonyl (C=O) groups is 1. The summed E-state index contributed by atoms with van der Waals surface area (Å²) in [6.45, 7) is 7.10. The highest BCUT2D eigenvalue weighted by Gasteiger charge is 2.28. The minimum atomic E-state index is -0.816. The average molecular weight is 547 g/mol. The molecule has 1 amide bonds. The number of amides is 1. The number of imidazole rings is 1. The van der Waals surface area contributed by atoms with E-state index in [-0.39, 0.29) is 18.1 Å². The Bertz CT molecular complexity index is 1470. The van der Waals surface area contributed by atoms with Crippen molar-refractivity contribution in [3.63, 3.8) is 0 Å². The zero-order chi connectivity index (χ0) is 27.4. The second kappa shape index (κ2) is 11.4. The number of aryl methyl sites for hydroxylation is 1. The molecule has 2 aromatic heterocycles. The van der Waals surface area contributed by atoms with Gasteiger partial charge in [-0.05, 0) is 49.7 Å². The number of aromatic nitrogens is 4. The lowest BCUT2D eigenvalue weighted by Crippen LogP contribution is -2.48. The molecule has 3 heterocycles. The van der Waals surface area contributed by atoms with Gasteiger partial charge in [0.15, 0.2) is 0 Å². The largest absolute Gasteiger partial charge is 0.378 e. The number of hydrogen-bond acceptors (Lipinski definition) is 8.